The van der Waals surface area contributed by atoms with E-state index in [-0.39, 0.29) is 24.0 Å². The molecule has 130 valence electrons. The Labute approximate surface area is 161 Å². The lowest BCUT2D eigenvalue weighted by Gasteiger charge is -2.20. The monoisotopic (exact) mass is 439 g/mol. The smallest absolute Gasteiger partial charge is 0.193 e. The number of nitrogens with one attached hydrogen (secondary N) is 1. The number of likely N-dealkylation sites (tertiary alicyclic amines) is 1. The van der Waals surface area contributed by atoms with E-state index in [2.05, 4.69) is 40.6 Å². The maximum atomic E-state index is 4.77. The Morgan fingerprint density at radius 1 is 1.21 bits per heavy atom. The third-order valence-electron chi connectivity index (χ3n) is 4.06. The molecule has 1 saturated heterocycles. The van der Waals surface area contributed by atoms with Crippen molar-refractivity contribution in [3.63, 3.8) is 0 Å². The lowest BCUT2D eigenvalue weighted by Crippen LogP contribution is -2.39. The van der Waals surface area contributed by atoms with Gasteiger partial charge in [0.2, 0.25) is 0 Å². The van der Waals surface area contributed by atoms with Gasteiger partial charge in [0.25, 0.3) is 0 Å². The molecule has 1 fully saturated rings. The first kappa shape index (κ1) is 18.8. The van der Waals surface area contributed by atoms with E-state index in [1.54, 1.807) is 0 Å². The Morgan fingerprint density at radius 3 is 2.67 bits per heavy atom. The molecule has 0 radical (unpaired) electrons. The molecule has 1 aliphatic rings. The van der Waals surface area contributed by atoms with Crippen LogP contribution in [-0.2, 0) is 6.42 Å². The summed E-state index contributed by atoms with van der Waals surface area (Å²) in [6.07, 6.45) is 7.48. The van der Waals surface area contributed by atoms with Gasteiger partial charge in [0.1, 0.15) is 0 Å². The Kier molecular flexibility index (Phi) is 7.55. The first-order chi connectivity index (χ1) is 11.4. The third kappa shape index (κ3) is 4.96. The van der Waals surface area contributed by atoms with Crippen LogP contribution in [0.5, 0.6) is 0 Å². The lowest BCUT2D eigenvalue weighted by atomic mass is 10.2. The highest BCUT2D eigenvalue weighted by Crippen LogP contribution is 2.09. The molecule has 0 bridgehead atoms. The fraction of sp³-hybridized carbons (Fsp3) is 0.444. The number of rotatable bonds is 5. The van der Waals surface area contributed by atoms with Crippen LogP contribution in [-0.4, -0.2) is 46.8 Å². The minimum absolute atomic E-state index is 0. The van der Waals surface area contributed by atoms with E-state index in [1.807, 2.05) is 29.1 Å². The van der Waals surface area contributed by atoms with E-state index in [0.717, 1.165) is 44.2 Å². The molecule has 3 rings (SSSR count). The quantitative estimate of drug-likeness (QED) is 0.443. The van der Waals surface area contributed by atoms with E-state index in [1.165, 1.54) is 18.4 Å². The van der Waals surface area contributed by atoms with Crippen molar-refractivity contribution in [1.29, 1.82) is 0 Å². The topological polar surface area (TPSA) is 45.5 Å². The molecular formula is C18H26IN5. The zero-order chi connectivity index (χ0) is 15.9. The Morgan fingerprint density at radius 2 is 1.96 bits per heavy atom. The molecule has 0 amide bonds. The standard InChI is InChI=1S/C18H25N5.HI/c1-2-19-18(22-12-6-7-13-22)20-11-10-16-14-21-23(15-16)17-8-4-3-5-9-17;/h3-5,8-9,14-15H,2,6-7,10-13H2,1H3,(H,19,20);1H. The highest BCUT2D eigenvalue weighted by molar-refractivity contribution is 14.0. The number of para-hydroxylation sites is 1. The van der Waals surface area contributed by atoms with Gasteiger partial charge in [0, 0.05) is 32.4 Å². The number of nitrogens with zero attached hydrogens (tertiary/aromatic N) is 4. The van der Waals surface area contributed by atoms with E-state index in [0.29, 0.717) is 0 Å². The van der Waals surface area contributed by atoms with Gasteiger partial charge >= 0.3 is 0 Å². The second-order valence-corrected chi connectivity index (χ2v) is 5.81. The highest BCUT2D eigenvalue weighted by Gasteiger charge is 2.15. The Hall–Kier alpha value is -1.57. The lowest BCUT2D eigenvalue weighted by molar-refractivity contribution is 0.494. The molecule has 2 heterocycles. The maximum absolute atomic E-state index is 4.77. The average molecular weight is 439 g/mol. The fourth-order valence-electron chi connectivity index (χ4n) is 2.86. The fourth-order valence-corrected chi connectivity index (χ4v) is 2.86. The zero-order valence-corrected chi connectivity index (χ0v) is 16.5. The van der Waals surface area contributed by atoms with Crippen LogP contribution in [0, 0.1) is 0 Å². The maximum Gasteiger partial charge on any atom is 0.193 e. The first-order valence-electron chi connectivity index (χ1n) is 8.49. The first-order valence-corrected chi connectivity index (χ1v) is 8.49. The van der Waals surface area contributed by atoms with Gasteiger partial charge in [0.05, 0.1) is 11.9 Å². The second-order valence-electron chi connectivity index (χ2n) is 5.81. The predicted octanol–water partition coefficient (Wildman–Crippen LogP) is 3.09. The third-order valence-corrected chi connectivity index (χ3v) is 4.06. The van der Waals surface area contributed by atoms with Crippen LogP contribution >= 0.6 is 24.0 Å². The van der Waals surface area contributed by atoms with Gasteiger partial charge in [-0.1, -0.05) is 18.2 Å². The van der Waals surface area contributed by atoms with Crippen molar-refractivity contribution in [2.24, 2.45) is 4.99 Å². The Balaban J connectivity index is 0.00000208. The molecule has 1 aromatic carbocycles. The number of aromatic nitrogens is 2. The Bertz CT molecular complexity index is 632. The number of aliphatic imine (C=N–C) groups is 1. The molecule has 5 nitrogen and oxygen atoms in total. The summed E-state index contributed by atoms with van der Waals surface area (Å²) in [5.74, 6) is 1.06. The van der Waals surface area contributed by atoms with Crippen LogP contribution in [0.1, 0.15) is 25.3 Å². The van der Waals surface area contributed by atoms with E-state index >= 15 is 0 Å². The van der Waals surface area contributed by atoms with Gasteiger partial charge in [0.15, 0.2) is 5.96 Å². The van der Waals surface area contributed by atoms with E-state index < -0.39 is 0 Å². The zero-order valence-electron chi connectivity index (χ0n) is 14.2. The SMILES string of the molecule is CCNC(=NCCc1cnn(-c2ccccc2)c1)N1CCCC1.I. The van der Waals surface area contributed by atoms with Crippen LogP contribution in [0.2, 0.25) is 0 Å². The summed E-state index contributed by atoms with van der Waals surface area (Å²) < 4.78 is 1.92. The van der Waals surface area contributed by atoms with E-state index in [4.69, 9.17) is 4.99 Å². The van der Waals surface area contributed by atoms with Crippen molar-refractivity contribution in [2.75, 3.05) is 26.2 Å². The summed E-state index contributed by atoms with van der Waals surface area (Å²) in [6.45, 7) is 6.08. The van der Waals surface area contributed by atoms with Crippen LogP contribution in [0.25, 0.3) is 5.69 Å². The molecule has 0 atom stereocenters. The molecule has 6 heteroatoms. The molecule has 0 saturated carbocycles. The van der Waals surface area contributed by atoms with Gasteiger partial charge < -0.3 is 10.2 Å². The largest absolute Gasteiger partial charge is 0.357 e. The van der Waals surface area contributed by atoms with Crippen molar-refractivity contribution >= 4 is 29.9 Å². The number of benzene rings is 1. The summed E-state index contributed by atoms with van der Waals surface area (Å²) in [7, 11) is 0. The van der Waals surface area contributed by atoms with Crippen LogP contribution in [0.3, 0.4) is 0 Å². The molecule has 1 aliphatic heterocycles. The minimum atomic E-state index is 0. The van der Waals surface area contributed by atoms with Crippen molar-refractivity contribution in [2.45, 2.75) is 26.2 Å². The minimum Gasteiger partial charge on any atom is -0.357 e. The molecule has 24 heavy (non-hydrogen) atoms. The second kappa shape index (κ2) is 9.66. The van der Waals surface area contributed by atoms with Crippen molar-refractivity contribution in [1.82, 2.24) is 20.0 Å². The van der Waals surface area contributed by atoms with Gasteiger partial charge in [-0.2, -0.15) is 5.10 Å². The predicted molar refractivity (Wildman–Crippen MR) is 109 cm³/mol. The average Bonchev–Trinajstić information content (AvgIpc) is 3.27. The number of hydrogen-bond acceptors (Lipinski definition) is 2. The van der Waals surface area contributed by atoms with Crippen LogP contribution in [0.15, 0.2) is 47.7 Å². The van der Waals surface area contributed by atoms with Gasteiger partial charge in [-0.15, -0.1) is 24.0 Å². The van der Waals surface area contributed by atoms with Crippen molar-refractivity contribution < 1.29 is 0 Å². The number of hydrogen-bond donors (Lipinski definition) is 1. The molecule has 1 aromatic heterocycles. The van der Waals surface area contributed by atoms with Gasteiger partial charge in [-0.25, -0.2) is 4.68 Å². The summed E-state index contributed by atoms with van der Waals surface area (Å²) >= 11 is 0. The van der Waals surface area contributed by atoms with Crippen molar-refractivity contribution in [3.8, 4) is 5.69 Å². The van der Waals surface area contributed by atoms with E-state index in [9.17, 15) is 0 Å². The van der Waals surface area contributed by atoms with Gasteiger partial charge in [-0.3, -0.25) is 4.99 Å². The molecule has 0 aliphatic carbocycles. The van der Waals surface area contributed by atoms with Crippen molar-refractivity contribution in [3.05, 3.63) is 48.3 Å². The summed E-state index contributed by atoms with van der Waals surface area (Å²) in [4.78, 5) is 7.13. The van der Waals surface area contributed by atoms with Crippen LogP contribution in [0.4, 0.5) is 0 Å². The summed E-state index contributed by atoms with van der Waals surface area (Å²) in [6, 6.07) is 10.2. The van der Waals surface area contributed by atoms with Gasteiger partial charge in [-0.05, 0) is 43.9 Å². The summed E-state index contributed by atoms with van der Waals surface area (Å²) in [5.41, 5.74) is 2.31. The number of halogens is 1. The highest BCUT2D eigenvalue weighted by atomic mass is 127. The molecule has 0 spiro atoms. The summed E-state index contributed by atoms with van der Waals surface area (Å²) in [5, 5.41) is 7.84. The molecule has 0 unspecified atom stereocenters. The number of guanidine groups is 1. The molecule has 1 N–H and O–H groups in total. The molecular weight excluding hydrogens is 413 g/mol. The van der Waals surface area contributed by atoms with Crippen LogP contribution < -0.4 is 5.32 Å². The normalized spacial score (nSPS) is 14.5. The molecule has 2 aromatic rings.